The monoisotopic (exact) mass is 248 g/mol. The first-order valence-electron chi connectivity index (χ1n) is 5.00. The van der Waals surface area contributed by atoms with Crippen molar-refractivity contribution in [1.82, 2.24) is 9.88 Å². The quantitative estimate of drug-likeness (QED) is 0.748. The summed E-state index contributed by atoms with van der Waals surface area (Å²) in [5.41, 5.74) is 0.359. The van der Waals surface area contributed by atoms with Crippen molar-refractivity contribution >= 4 is 10.0 Å². The summed E-state index contributed by atoms with van der Waals surface area (Å²) in [5, 5.41) is 12.5. The Bertz CT molecular complexity index is 422. The Morgan fingerprint density at radius 3 is 2.75 bits per heavy atom. The van der Waals surface area contributed by atoms with E-state index < -0.39 is 16.1 Å². The number of aliphatic hydroxyl groups excluding tert-OH is 1. The van der Waals surface area contributed by atoms with Crippen LogP contribution in [0.2, 0.25) is 0 Å². The fourth-order valence-electron chi connectivity index (χ4n) is 1.23. The Balaban J connectivity index is 2.65. The summed E-state index contributed by atoms with van der Waals surface area (Å²) in [6, 6.07) is 1.12. The molecule has 92 valence electrons. The number of sulfonamides is 1. The Morgan fingerprint density at radius 2 is 2.31 bits per heavy atom. The lowest BCUT2D eigenvalue weighted by atomic mass is 10.3. The van der Waals surface area contributed by atoms with E-state index in [-0.39, 0.29) is 12.4 Å². The third-order valence-corrected chi connectivity index (χ3v) is 3.44. The van der Waals surface area contributed by atoms with Crippen molar-refractivity contribution < 1.29 is 18.0 Å². The lowest BCUT2D eigenvalue weighted by molar-refractivity contribution is 0.253. The van der Waals surface area contributed by atoms with E-state index in [1.165, 1.54) is 0 Å². The number of hydrogen-bond donors (Lipinski definition) is 2. The van der Waals surface area contributed by atoms with E-state index >= 15 is 0 Å². The molecule has 0 aromatic carbocycles. The van der Waals surface area contributed by atoms with Gasteiger partial charge in [-0.3, -0.25) is 0 Å². The van der Waals surface area contributed by atoms with E-state index in [0.717, 1.165) is 0 Å². The molecule has 2 N–H and O–H groups in total. The van der Waals surface area contributed by atoms with Gasteiger partial charge in [-0.15, -0.1) is 0 Å². The summed E-state index contributed by atoms with van der Waals surface area (Å²) in [6.07, 6.45) is 0.535. The Morgan fingerprint density at radius 1 is 1.62 bits per heavy atom. The molecule has 1 atom stereocenters. The third-order valence-electron chi connectivity index (χ3n) is 2.07. The molecule has 0 fully saturated rings. The smallest absolute Gasteiger partial charge is 0.217 e. The van der Waals surface area contributed by atoms with Crippen molar-refractivity contribution in [2.45, 2.75) is 32.1 Å². The van der Waals surface area contributed by atoms with Crippen molar-refractivity contribution in [3.63, 3.8) is 0 Å². The summed E-state index contributed by atoms with van der Waals surface area (Å²) < 4.78 is 30.4. The molecular weight excluding hydrogens is 232 g/mol. The topological polar surface area (TPSA) is 92.4 Å². The van der Waals surface area contributed by atoms with Crippen LogP contribution in [0.15, 0.2) is 10.6 Å². The fraction of sp³-hybridized carbons (Fsp3) is 0.667. The Kier molecular flexibility index (Phi) is 4.45. The number of nitrogens with zero attached hydrogens (tertiary/aromatic N) is 1. The molecule has 0 saturated carbocycles. The van der Waals surface area contributed by atoms with Crippen LogP contribution in [0.25, 0.3) is 0 Å². The maximum atomic E-state index is 11.6. The van der Waals surface area contributed by atoms with Crippen LogP contribution in [-0.4, -0.2) is 31.3 Å². The zero-order chi connectivity index (χ0) is 12.2. The Hall–Kier alpha value is -0.920. The zero-order valence-electron chi connectivity index (χ0n) is 9.30. The number of aromatic nitrogens is 1. The Labute approximate surface area is 94.7 Å². The summed E-state index contributed by atoms with van der Waals surface area (Å²) in [4.78, 5) is 0. The number of aryl methyl sites for hydroxylation is 1. The number of hydrogen-bond acceptors (Lipinski definition) is 5. The molecule has 0 amide bonds. The van der Waals surface area contributed by atoms with Crippen LogP contribution in [0.4, 0.5) is 0 Å². The minimum Gasteiger partial charge on any atom is -0.395 e. The summed E-state index contributed by atoms with van der Waals surface area (Å²) in [6.45, 7) is 3.27. The first-order valence-corrected chi connectivity index (χ1v) is 6.65. The number of rotatable bonds is 6. The van der Waals surface area contributed by atoms with E-state index in [4.69, 9.17) is 9.63 Å². The van der Waals surface area contributed by atoms with Crippen molar-refractivity contribution in [2.24, 2.45) is 0 Å². The standard InChI is InChI=1S/C9H16N2O4S/c1-3-8(5-12)11-16(13,14)6-9-4-7(2)15-10-9/h4,8,11-12H,3,5-6H2,1-2H3/t8-/m0/s1. The van der Waals surface area contributed by atoms with Crippen LogP contribution in [0.5, 0.6) is 0 Å². The molecule has 1 aromatic rings. The molecule has 0 aliphatic heterocycles. The fourth-order valence-corrected chi connectivity index (χ4v) is 2.58. The van der Waals surface area contributed by atoms with Gasteiger partial charge < -0.3 is 9.63 Å². The van der Waals surface area contributed by atoms with Gasteiger partial charge in [-0.1, -0.05) is 12.1 Å². The van der Waals surface area contributed by atoms with Gasteiger partial charge in [0.2, 0.25) is 10.0 Å². The number of aliphatic hydroxyl groups is 1. The summed E-state index contributed by atoms with van der Waals surface area (Å²) in [7, 11) is -3.48. The van der Waals surface area contributed by atoms with Gasteiger partial charge >= 0.3 is 0 Å². The molecule has 1 rings (SSSR count). The highest BCUT2D eigenvalue weighted by Gasteiger charge is 2.18. The average Bonchev–Trinajstić information content (AvgIpc) is 2.59. The van der Waals surface area contributed by atoms with E-state index in [9.17, 15) is 8.42 Å². The molecule has 0 aliphatic rings. The van der Waals surface area contributed by atoms with Gasteiger partial charge in [-0.25, -0.2) is 13.1 Å². The first kappa shape index (κ1) is 13.1. The van der Waals surface area contributed by atoms with Gasteiger partial charge in [-0.2, -0.15) is 0 Å². The predicted octanol–water partition coefficient (Wildman–Crippen LogP) is 0.173. The van der Waals surface area contributed by atoms with Gasteiger partial charge in [0.05, 0.1) is 6.61 Å². The molecule has 0 radical (unpaired) electrons. The van der Waals surface area contributed by atoms with Crippen molar-refractivity contribution in [3.8, 4) is 0 Å². The van der Waals surface area contributed by atoms with Crippen molar-refractivity contribution in [2.75, 3.05) is 6.61 Å². The maximum Gasteiger partial charge on any atom is 0.217 e. The second kappa shape index (κ2) is 5.42. The normalized spacial score (nSPS) is 13.9. The van der Waals surface area contributed by atoms with Gasteiger partial charge in [0.15, 0.2) is 0 Å². The van der Waals surface area contributed by atoms with Gasteiger partial charge in [0, 0.05) is 12.1 Å². The second-order valence-electron chi connectivity index (χ2n) is 3.59. The van der Waals surface area contributed by atoms with Gasteiger partial charge in [0.1, 0.15) is 17.2 Å². The second-order valence-corrected chi connectivity index (χ2v) is 5.35. The van der Waals surface area contributed by atoms with Crippen molar-refractivity contribution in [1.29, 1.82) is 0 Å². The molecule has 6 nitrogen and oxygen atoms in total. The largest absolute Gasteiger partial charge is 0.395 e. The molecule has 1 aromatic heterocycles. The highest BCUT2D eigenvalue weighted by Crippen LogP contribution is 2.06. The lowest BCUT2D eigenvalue weighted by Gasteiger charge is -2.13. The molecule has 0 bridgehead atoms. The van der Waals surface area contributed by atoms with Crippen LogP contribution >= 0.6 is 0 Å². The minimum absolute atomic E-state index is 0.215. The van der Waals surface area contributed by atoms with Crippen LogP contribution in [0.1, 0.15) is 24.8 Å². The van der Waals surface area contributed by atoms with Crippen molar-refractivity contribution in [3.05, 3.63) is 17.5 Å². The van der Waals surface area contributed by atoms with Gasteiger partial charge in [-0.05, 0) is 13.3 Å². The highest BCUT2D eigenvalue weighted by atomic mass is 32.2. The van der Waals surface area contributed by atoms with Gasteiger partial charge in [0.25, 0.3) is 0 Å². The van der Waals surface area contributed by atoms with E-state index in [1.54, 1.807) is 19.9 Å². The molecule has 16 heavy (non-hydrogen) atoms. The SMILES string of the molecule is CC[C@@H](CO)NS(=O)(=O)Cc1cc(C)on1. The highest BCUT2D eigenvalue weighted by molar-refractivity contribution is 7.88. The average molecular weight is 248 g/mol. The lowest BCUT2D eigenvalue weighted by Crippen LogP contribution is -2.37. The molecule has 0 saturated heterocycles. The predicted molar refractivity (Wildman–Crippen MR) is 58.2 cm³/mol. The van der Waals surface area contributed by atoms with Crippen LogP contribution in [0.3, 0.4) is 0 Å². The molecule has 1 heterocycles. The first-order chi connectivity index (χ1) is 7.46. The van der Waals surface area contributed by atoms with Crippen LogP contribution in [0, 0.1) is 6.92 Å². The summed E-state index contributed by atoms with van der Waals surface area (Å²) >= 11 is 0. The van der Waals surface area contributed by atoms with E-state index in [0.29, 0.717) is 17.9 Å². The number of nitrogens with one attached hydrogen (secondary N) is 1. The zero-order valence-corrected chi connectivity index (χ0v) is 10.1. The molecule has 0 spiro atoms. The third kappa shape index (κ3) is 3.92. The van der Waals surface area contributed by atoms with Crippen LogP contribution in [-0.2, 0) is 15.8 Å². The van der Waals surface area contributed by atoms with E-state index in [1.807, 2.05) is 0 Å². The molecule has 0 unspecified atom stereocenters. The molecule has 7 heteroatoms. The maximum absolute atomic E-state index is 11.6. The summed E-state index contributed by atoms with van der Waals surface area (Å²) in [5.74, 6) is 0.334. The minimum atomic E-state index is -3.48. The molecular formula is C9H16N2O4S. The molecule has 0 aliphatic carbocycles. The van der Waals surface area contributed by atoms with Crippen LogP contribution < -0.4 is 4.72 Å². The van der Waals surface area contributed by atoms with E-state index in [2.05, 4.69) is 9.88 Å².